The third kappa shape index (κ3) is 3.03. The van der Waals surface area contributed by atoms with Gasteiger partial charge < -0.3 is 10.4 Å². The van der Waals surface area contributed by atoms with Gasteiger partial charge in [-0.2, -0.15) is 0 Å². The summed E-state index contributed by atoms with van der Waals surface area (Å²) in [4.78, 5) is 16.5. The number of amides is 1. The van der Waals surface area contributed by atoms with Crippen LogP contribution in [0.25, 0.3) is 11.3 Å². The third-order valence-electron chi connectivity index (χ3n) is 3.17. The number of hydrogen-bond acceptors (Lipinski definition) is 3. The van der Waals surface area contributed by atoms with Crippen LogP contribution >= 0.6 is 0 Å². The van der Waals surface area contributed by atoms with Crippen LogP contribution in [-0.4, -0.2) is 28.6 Å². The standard InChI is InChI=1S/C16H18N2O2/c1-11(10-19)18-16(20)14-7-5-6-13(12(14)2)15-8-3-4-9-17-15/h3-9,11,19H,10H2,1-2H3,(H,18,20)/t11-/m0/s1. The normalized spacial score (nSPS) is 11.9. The Kier molecular flexibility index (Phi) is 4.48. The molecule has 0 bridgehead atoms. The molecule has 2 N–H and O–H groups in total. The topological polar surface area (TPSA) is 62.2 Å². The molecular formula is C16H18N2O2. The highest BCUT2D eigenvalue weighted by molar-refractivity contribution is 5.97. The molecule has 4 nitrogen and oxygen atoms in total. The molecule has 0 aliphatic carbocycles. The molecule has 0 saturated carbocycles. The molecule has 2 rings (SSSR count). The molecule has 1 aromatic heterocycles. The van der Waals surface area contributed by atoms with Crippen molar-refractivity contribution in [2.45, 2.75) is 19.9 Å². The molecule has 0 fully saturated rings. The average molecular weight is 270 g/mol. The fourth-order valence-electron chi connectivity index (χ4n) is 2.03. The number of nitrogens with zero attached hydrogens (tertiary/aromatic N) is 1. The van der Waals surface area contributed by atoms with Gasteiger partial charge in [0.15, 0.2) is 0 Å². The molecule has 0 spiro atoms. The summed E-state index contributed by atoms with van der Waals surface area (Å²) in [6.45, 7) is 3.59. The highest BCUT2D eigenvalue weighted by Crippen LogP contribution is 2.23. The van der Waals surface area contributed by atoms with Gasteiger partial charge in [0.1, 0.15) is 0 Å². The van der Waals surface area contributed by atoms with E-state index in [-0.39, 0.29) is 18.6 Å². The molecule has 20 heavy (non-hydrogen) atoms. The Bertz CT molecular complexity index is 597. The van der Waals surface area contributed by atoms with Crippen molar-refractivity contribution in [3.05, 3.63) is 53.7 Å². The Balaban J connectivity index is 2.35. The first-order chi connectivity index (χ1) is 9.63. The highest BCUT2D eigenvalue weighted by atomic mass is 16.3. The Labute approximate surface area is 118 Å². The summed E-state index contributed by atoms with van der Waals surface area (Å²) in [5.74, 6) is -0.179. The highest BCUT2D eigenvalue weighted by Gasteiger charge is 2.14. The number of aliphatic hydroxyl groups excluding tert-OH is 1. The van der Waals surface area contributed by atoms with Gasteiger partial charge in [0, 0.05) is 23.4 Å². The predicted molar refractivity (Wildman–Crippen MR) is 78.4 cm³/mol. The van der Waals surface area contributed by atoms with Crippen molar-refractivity contribution in [3.8, 4) is 11.3 Å². The summed E-state index contributed by atoms with van der Waals surface area (Å²) in [7, 11) is 0. The van der Waals surface area contributed by atoms with Gasteiger partial charge in [-0.1, -0.05) is 18.2 Å². The monoisotopic (exact) mass is 270 g/mol. The quantitative estimate of drug-likeness (QED) is 0.895. The fourth-order valence-corrected chi connectivity index (χ4v) is 2.03. The first-order valence-electron chi connectivity index (χ1n) is 6.56. The molecule has 1 heterocycles. The van der Waals surface area contributed by atoms with Crippen molar-refractivity contribution < 1.29 is 9.90 Å². The van der Waals surface area contributed by atoms with Crippen molar-refractivity contribution in [1.82, 2.24) is 10.3 Å². The largest absolute Gasteiger partial charge is 0.394 e. The second-order valence-electron chi connectivity index (χ2n) is 4.75. The molecule has 1 amide bonds. The van der Waals surface area contributed by atoms with Gasteiger partial charge in [-0.05, 0) is 37.6 Å². The second-order valence-corrected chi connectivity index (χ2v) is 4.75. The van der Waals surface area contributed by atoms with Gasteiger partial charge in [-0.25, -0.2) is 0 Å². The smallest absolute Gasteiger partial charge is 0.251 e. The van der Waals surface area contributed by atoms with Gasteiger partial charge in [0.25, 0.3) is 5.91 Å². The molecule has 2 aromatic rings. The Morgan fingerprint density at radius 1 is 1.30 bits per heavy atom. The van der Waals surface area contributed by atoms with Crippen LogP contribution in [0.4, 0.5) is 0 Å². The Hall–Kier alpha value is -2.20. The lowest BCUT2D eigenvalue weighted by atomic mass is 9.99. The van der Waals surface area contributed by atoms with E-state index in [1.165, 1.54) is 0 Å². The summed E-state index contributed by atoms with van der Waals surface area (Å²) in [5.41, 5.74) is 3.27. The molecule has 104 valence electrons. The molecule has 0 aliphatic heterocycles. The number of pyridine rings is 1. The second kappa shape index (κ2) is 6.30. The average Bonchev–Trinajstić information content (AvgIpc) is 2.48. The molecule has 4 heteroatoms. The minimum Gasteiger partial charge on any atom is -0.394 e. The number of carbonyl (C=O) groups excluding carboxylic acids is 1. The molecule has 0 saturated heterocycles. The van der Waals surface area contributed by atoms with E-state index in [4.69, 9.17) is 5.11 Å². The fraction of sp³-hybridized carbons (Fsp3) is 0.250. The van der Waals surface area contributed by atoms with Crippen molar-refractivity contribution in [1.29, 1.82) is 0 Å². The molecule has 0 radical (unpaired) electrons. The van der Waals surface area contributed by atoms with Crippen LogP contribution in [0.3, 0.4) is 0 Å². The van der Waals surface area contributed by atoms with Gasteiger partial charge >= 0.3 is 0 Å². The number of aromatic nitrogens is 1. The van der Waals surface area contributed by atoms with E-state index in [0.717, 1.165) is 16.8 Å². The van der Waals surface area contributed by atoms with Crippen molar-refractivity contribution >= 4 is 5.91 Å². The minimum absolute atomic E-state index is 0.0787. The van der Waals surface area contributed by atoms with E-state index in [0.29, 0.717) is 5.56 Å². The number of benzene rings is 1. The number of rotatable bonds is 4. The number of nitrogens with one attached hydrogen (secondary N) is 1. The minimum atomic E-state index is -0.264. The van der Waals surface area contributed by atoms with E-state index in [2.05, 4.69) is 10.3 Å². The maximum absolute atomic E-state index is 12.2. The maximum atomic E-state index is 12.2. The Morgan fingerprint density at radius 3 is 2.75 bits per heavy atom. The molecule has 0 aliphatic rings. The first kappa shape index (κ1) is 14.2. The van der Waals surface area contributed by atoms with Crippen LogP contribution in [0.15, 0.2) is 42.6 Å². The summed E-state index contributed by atoms with van der Waals surface area (Å²) in [6.07, 6.45) is 1.73. The van der Waals surface area contributed by atoms with Crippen molar-refractivity contribution in [2.24, 2.45) is 0 Å². The van der Waals surface area contributed by atoms with Crippen LogP contribution in [0, 0.1) is 6.92 Å². The summed E-state index contributed by atoms with van der Waals surface area (Å²) < 4.78 is 0. The van der Waals surface area contributed by atoms with Crippen molar-refractivity contribution in [3.63, 3.8) is 0 Å². The van der Waals surface area contributed by atoms with Crippen molar-refractivity contribution in [2.75, 3.05) is 6.61 Å². The lowest BCUT2D eigenvalue weighted by molar-refractivity contribution is 0.0921. The van der Waals surface area contributed by atoms with E-state index in [9.17, 15) is 4.79 Å². The third-order valence-corrected chi connectivity index (χ3v) is 3.17. The predicted octanol–water partition coefficient (Wildman–Crippen LogP) is 2.17. The summed E-state index contributed by atoms with van der Waals surface area (Å²) >= 11 is 0. The van der Waals surface area contributed by atoms with Crippen LogP contribution in [0.2, 0.25) is 0 Å². The van der Waals surface area contributed by atoms with Crippen LogP contribution in [0.1, 0.15) is 22.8 Å². The number of aliphatic hydroxyl groups is 1. The van der Waals surface area contributed by atoms with Gasteiger partial charge in [-0.3, -0.25) is 9.78 Å². The van der Waals surface area contributed by atoms with Gasteiger partial charge in [-0.15, -0.1) is 0 Å². The number of carbonyl (C=O) groups is 1. The lowest BCUT2D eigenvalue weighted by Gasteiger charge is -2.14. The van der Waals surface area contributed by atoms with Gasteiger partial charge in [0.05, 0.1) is 12.3 Å². The van der Waals surface area contributed by atoms with Crippen LogP contribution < -0.4 is 5.32 Å². The van der Waals surface area contributed by atoms with E-state index < -0.39 is 0 Å². The molecule has 1 aromatic carbocycles. The zero-order valence-corrected chi connectivity index (χ0v) is 11.6. The van der Waals surface area contributed by atoms with E-state index in [1.807, 2.05) is 37.3 Å². The van der Waals surface area contributed by atoms with Gasteiger partial charge in [0.2, 0.25) is 0 Å². The van der Waals surface area contributed by atoms with Crippen LogP contribution in [-0.2, 0) is 0 Å². The van der Waals surface area contributed by atoms with Crippen LogP contribution in [0.5, 0.6) is 0 Å². The number of hydrogen-bond donors (Lipinski definition) is 2. The summed E-state index contributed by atoms with van der Waals surface area (Å²) in [6, 6.07) is 11.0. The van der Waals surface area contributed by atoms with E-state index >= 15 is 0 Å². The summed E-state index contributed by atoms with van der Waals surface area (Å²) in [5, 5.41) is 11.8. The molecular weight excluding hydrogens is 252 g/mol. The Morgan fingerprint density at radius 2 is 2.10 bits per heavy atom. The SMILES string of the molecule is Cc1c(C(=O)N[C@@H](C)CO)cccc1-c1ccccn1. The molecule has 0 unspecified atom stereocenters. The molecule has 1 atom stereocenters. The zero-order chi connectivity index (χ0) is 14.5. The zero-order valence-electron chi connectivity index (χ0n) is 11.6. The maximum Gasteiger partial charge on any atom is 0.251 e. The lowest BCUT2D eigenvalue weighted by Crippen LogP contribution is -2.35. The first-order valence-corrected chi connectivity index (χ1v) is 6.56. The van der Waals surface area contributed by atoms with E-state index in [1.54, 1.807) is 19.2 Å².